The van der Waals surface area contributed by atoms with Crippen LogP contribution in [-0.2, 0) is 4.79 Å². The Balaban J connectivity index is 1.82. The van der Waals surface area contributed by atoms with E-state index in [2.05, 4.69) is 19.2 Å². The zero-order valence-electron chi connectivity index (χ0n) is 11.8. The molecule has 19 heavy (non-hydrogen) atoms. The predicted octanol–water partition coefficient (Wildman–Crippen LogP) is 1.82. The van der Waals surface area contributed by atoms with E-state index in [1.807, 2.05) is 29.2 Å². The van der Waals surface area contributed by atoms with E-state index in [-0.39, 0.29) is 5.91 Å². The summed E-state index contributed by atoms with van der Waals surface area (Å²) < 4.78 is 0. The SMILES string of the molecule is CC(C)c1ccc(NC(=O)CN2CC(C)(O)C2)cc1. The first-order chi connectivity index (χ1) is 8.85. The summed E-state index contributed by atoms with van der Waals surface area (Å²) in [5.41, 5.74) is 1.46. The van der Waals surface area contributed by atoms with E-state index in [0.717, 1.165) is 5.69 Å². The molecule has 4 heteroatoms. The summed E-state index contributed by atoms with van der Waals surface area (Å²) in [5.74, 6) is 0.459. The molecule has 1 aromatic rings. The van der Waals surface area contributed by atoms with Gasteiger partial charge in [0.1, 0.15) is 0 Å². The van der Waals surface area contributed by atoms with Crippen LogP contribution in [0.15, 0.2) is 24.3 Å². The molecule has 0 aromatic heterocycles. The number of nitrogens with one attached hydrogen (secondary N) is 1. The number of likely N-dealkylation sites (tertiary alicyclic amines) is 1. The second-order valence-electron chi connectivity index (χ2n) is 5.97. The Morgan fingerprint density at radius 1 is 1.37 bits per heavy atom. The normalized spacial score (nSPS) is 18.2. The summed E-state index contributed by atoms with van der Waals surface area (Å²) in [6, 6.07) is 7.93. The summed E-state index contributed by atoms with van der Waals surface area (Å²) in [7, 11) is 0. The van der Waals surface area contributed by atoms with Gasteiger partial charge in [-0.15, -0.1) is 0 Å². The van der Waals surface area contributed by atoms with Crippen LogP contribution in [0.1, 0.15) is 32.3 Å². The number of carbonyl (C=O) groups is 1. The molecular formula is C15H22N2O2. The number of rotatable bonds is 4. The van der Waals surface area contributed by atoms with Crippen molar-refractivity contribution < 1.29 is 9.90 Å². The lowest BCUT2D eigenvalue weighted by Crippen LogP contribution is -2.61. The molecule has 2 rings (SSSR count). The number of β-amino-alcohol motifs (C(OH)–C–C–N with tert-alkyl or cyclic N) is 1. The number of nitrogens with zero attached hydrogens (tertiary/aromatic N) is 1. The number of hydrogen-bond acceptors (Lipinski definition) is 3. The molecule has 1 aliphatic rings. The fourth-order valence-corrected chi connectivity index (χ4v) is 2.38. The number of amides is 1. The molecule has 1 fully saturated rings. The van der Waals surface area contributed by atoms with Crippen LogP contribution in [-0.4, -0.2) is 41.1 Å². The van der Waals surface area contributed by atoms with Gasteiger partial charge in [-0.1, -0.05) is 26.0 Å². The maximum atomic E-state index is 11.8. The maximum Gasteiger partial charge on any atom is 0.238 e. The van der Waals surface area contributed by atoms with Crippen LogP contribution in [0.25, 0.3) is 0 Å². The Labute approximate surface area is 114 Å². The van der Waals surface area contributed by atoms with E-state index in [1.54, 1.807) is 6.92 Å². The zero-order valence-corrected chi connectivity index (χ0v) is 11.8. The van der Waals surface area contributed by atoms with Crippen LogP contribution in [0.3, 0.4) is 0 Å². The average Bonchev–Trinajstić information content (AvgIpc) is 2.27. The quantitative estimate of drug-likeness (QED) is 0.870. The van der Waals surface area contributed by atoms with E-state index in [9.17, 15) is 9.90 Å². The molecule has 0 aliphatic carbocycles. The standard InChI is InChI=1S/C15H22N2O2/c1-11(2)12-4-6-13(7-5-12)16-14(18)8-17-9-15(3,19)10-17/h4-7,11,19H,8-10H2,1-3H3,(H,16,18). The highest BCUT2D eigenvalue weighted by Gasteiger charge is 2.37. The van der Waals surface area contributed by atoms with Gasteiger partial charge < -0.3 is 10.4 Å². The van der Waals surface area contributed by atoms with E-state index in [0.29, 0.717) is 25.6 Å². The largest absolute Gasteiger partial charge is 0.388 e. The maximum absolute atomic E-state index is 11.8. The van der Waals surface area contributed by atoms with Crippen molar-refractivity contribution >= 4 is 11.6 Å². The third-order valence-corrected chi connectivity index (χ3v) is 3.36. The fourth-order valence-electron chi connectivity index (χ4n) is 2.38. The molecule has 1 amide bonds. The molecule has 0 bridgehead atoms. The summed E-state index contributed by atoms with van der Waals surface area (Å²) in [6.45, 7) is 7.53. The lowest BCUT2D eigenvalue weighted by atomic mass is 9.97. The highest BCUT2D eigenvalue weighted by Crippen LogP contribution is 2.20. The van der Waals surface area contributed by atoms with Crippen molar-refractivity contribution in [1.82, 2.24) is 4.90 Å². The first-order valence-corrected chi connectivity index (χ1v) is 6.70. The Bertz CT molecular complexity index is 444. The first-order valence-electron chi connectivity index (χ1n) is 6.70. The number of benzene rings is 1. The van der Waals surface area contributed by atoms with Crippen molar-refractivity contribution in [2.45, 2.75) is 32.3 Å². The lowest BCUT2D eigenvalue weighted by molar-refractivity contribution is -0.125. The van der Waals surface area contributed by atoms with Crippen LogP contribution in [0.2, 0.25) is 0 Å². The van der Waals surface area contributed by atoms with Gasteiger partial charge in [-0.25, -0.2) is 0 Å². The Morgan fingerprint density at radius 2 is 1.95 bits per heavy atom. The summed E-state index contributed by atoms with van der Waals surface area (Å²) in [4.78, 5) is 13.7. The minimum atomic E-state index is -0.626. The molecular weight excluding hydrogens is 240 g/mol. The van der Waals surface area contributed by atoms with E-state index >= 15 is 0 Å². The monoisotopic (exact) mass is 262 g/mol. The fraction of sp³-hybridized carbons (Fsp3) is 0.533. The number of carbonyl (C=O) groups excluding carboxylic acids is 1. The molecule has 1 heterocycles. The lowest BCUT2D eigenvalue weighted by Gasteiger charge is -2.43. The molecule has 4 nitrogen and oxygen atoms in total. The van der Waals surface area contributed by atoms with Gasteiger partial charge in [-0.3, -0.25) is 9.69 Å². The minimum Gasteiger partial charge on any atom is -0.388 e. The van der Waals surface area contributed by atoms with Crippen molar-refractivity contribution in [2.24, 2.45) is 0 Å². The predicted molar refractivity (Wildman–Crippen MR) is 76.2 cm³/mol. The molecule has 0 unspecified atom stereocenters. The van der Waals surface area contributed by atoms with Crippen molar-refractivity contribution in [2.75, 3.05) is 25.0 Å². The van der Waals surface area contributed by atoms with Gasteiger partial charge in [0.25, 0.3) is 0 Å². The third-order valence-electron chi connectivity index (χ3n) is 3.36. The van der Waals surface area contributed by atoms with Crippen molar-refractivity contribution in [3.05, 3.63) is 29.8 Å². The van der Waals surface area contributed by atoms with Crippen LogP contribution in [0.5, 0.6) is 0 Å². The zero-order chi connectivity index (χ0) is 14.0. The van der Waals surface area contributed by atoms with Gasteiger partial charge in [0.05, 0.1) is 12.1 Å². The van der Waals surface area contributed by atoms with E-state index < -0.39 is 5.60 Å². The van der Waals surface area contributed by atoms with Gasteiger partial charge in [0, 0.05) is 18.8 Å². The Hall–Kier alpha value is -1.39. The Kier molecular flexibility index (Phi) is 3.92. The third kappa shape index (κ3) is 3.78. The van der Waals surface area contributed by atoms with Crippen LogP contribution in [0, 0.1) is 0 Å². The molecule has 2 N–H and O–H groups in total. The molecule has 1 aromatic carbocycles. The van der Waals surface area contributed by atoms with Gasteiger partial charge in [0.2, 0.25) is 5.91 Å². The molecule has 0 spiro atoms. The average molecular weight is 262 g/mol. The molecule has 104 valence electrons. The minimum absolute atomic E-state index is 0.0344. The molecule has 0 atom stereocenters. The molecule has 0 saturated carbocycles. The number of hydrogen-bond donors (Lipinski definition) is 2. The van der Waals surface area contributed by atoms with E-state index in [4.69, 9.17) is 0 Å². The van der Waals surface area contributed by atoms with Crippen LogP contribution < -0.4 is 5.32 Å². The molecule has 1 saturated heterocycles. The molecule has 1 aliphatic heterocycles. The second-order valence-corrected chi connectivity index (χ2v) is 5.97. The van der Waals surface area contributed by atoms with Crippen molar-refractivity contribution in [1.29, 1.82) is 0 Å². The van der Waals surface area contributed by atoms with Gasteiger partial charge in [-0.2, -0.15) is 0 Å². The highest BCUT2D eigenvalue weighted by atomic mass is 16.3. The summed E-state index contributed by atoms with van der Waals surface area (Å²) in [5, 5.41) is 12.5. The van der Waals surface area contributed by atoms with Crippen LogP contribution in [0.4, 0.5) is 5.69 Å². The molecule has 0 radical (unpaired) electrons. The summed E-state index contributed by atoms with van der Waals surface area (Å²) in [6.07, 6.45) is 0. The van der Waals surface area contributed by atoms with Gasteiger partial charge >= 0.3 is 0 Å². The van der Waals surface area contributed by atoms with Gasteiger partial charge in [0.15, 0.2) is 0 Å². The number of aliphatic hydroxyl groups is 1. The van der Waals surface area contributed by atoms with Crippen molar-refractivity contribution in [3.8, 4) is 0 Å². The highest BCUT2D eigenvalue weighted by molar-refractivity contribution is 5.92. The smallest absolute Gasteiger partial charge is 0.238 e. The first kappa shape index (κ1) is 14.0. The summed E-state index contributed by atoms with van der Waals surface area (Å²) >= 11 is 0. The van der Waals surface area contributed by atoms with Gasteiger partial charge in [-0.05, 0) is 30.5 Å². The van der Waals surface area contributed by atoms with Crippen LogP contribution >= 0.6 is 0 Å². The second kappa shape index (κ2) is 5.31. The number of anilines is 1. The topological polar surface area (TPSA) is 52.6 Å². The Morgan fingerprint density at radius 3 is 2.42 bits per heavy atom. The van der Waals surface area contributed by atoms with Crippen molar-refractivity contribution in [3.63, 3.8) is 0 Å². The van der Waals surface area contributed by atoms with E-state index in [1.165, 1.54) is 5.56 Å².